The maximum Gasteiger partial charge on any atom is 0.178 e. The lowest BCUT2D eigenvalue weighted by Crippen LogP contribution is -2.11. The Kier molecular flexibility index (Phi) is 4.35. The van der Waals surface area contributed by atoms with Gasteiger partial charge in [0, 0.05) is 6.61 Å². The number of benzene rings is 1. The second kappa shape index (κ2) is 5.80. The van der Waals surface area contributed by atoms with Gasteiger partial charge in [-0.3, -0.25) is 0 Å². The molecule has 5 heteroatoms. The molecule has 1 aliphatic rings. The minimum atomic E-state index is -3.37. The zero-order valence-corrected chi connectivity index (χ0v) is 11.0. The number of hydrogen-bond donors (Lipinski definition) is 0. The van der Waals surface area contributed by atoms with Gasteiger partial charge in [-0.25, -0.2) is 12.8 Å². The van der Waals surface area contributed by atoms with E-state index in [4.69, 9.17) is 4.74 Å². The van der Waals surface area contributed by atoms with Gasteiger partial charge in [0.15, 0.2) is 9.84 Å². The normalized spacial score (nSPS) is 20.2. The van der Waals surface area contributed by atoms with Gasteiger partial charge in [-0.05, 0) is 43.9 Å². The zero-order chi connectivity index (χ0) is 13.0. The lowest BCUT2D eigenvalue weighted by Gasteiger charge is -2.09. The van der Waals surface area contributed by atoms with Gasteiger partial charge in [0.05, 0.1) is 16.8 Å². The molecule has 0 aliphatic carbocycles. The van der Waals surface area contributed by atoms with E-state index in [1.807, 2.05) is 0 Å². The predicted molar refractivity (Wildman–Crippen MR) is 66.7 cm³/mol. The van der Waals surface area contributed by atoms with Crippen LogP contribution in [0.25, 0.3) is 0 Å². The molecule has 0 N–H and O–H groups in total. The first-order chi connectivity index (χ1) is 8.58. The second-order valence-corrected chi connectivity index (χ2v) is 6.66. The van der Waals surface area contributed by atoms with Crippen molar-refractivity contribution in [3.63, 3.8) is 0 Å². The summed E-state index contributed by atoms with van der Waals surface area (Å²) in [6.07, 6.45) is 3.59. The van der Waals surface area contributed by atoms with Gasteiger partial charge < -0.3 is 4.74 Å². The number of hydrogen-bond acceptors (Lipinski definition) is 3. The topological polar surface area (TPSA) is 43.4 Å². The molecule has 3 nitrogen and oxygen atoms in total. The van der Waals surface area contributed by atoms with Crippen LogP contribution in [0.2, 0.25) is 0 Å². The second-order valence-electron chi connectivity index (χ2n) is 4.55. The van der Waals surface area contributed by atoms with Crippen molar-refractivity contribution in [2.45, 2.75) is 36.7 Å². The average Bonchev–Trinajstić information content (AvgIpc) is 2.82. The van der Waals surface area contributed by atoms with Crippen molar-refractivity contribution >= 4 is 9.84 Å². The summed E-state index contributed by atoms with van der Waals surface area (Å²) in [5.74, 6) is -0.466. The number of rotatable bonds is 5. The highest BCUT2D eigenvalue weighted by Crippen LogP contribution is 2.19. The van der Waals surface area contributed by atoms with E-state index in [1.165, 1.54) is 18.2 Å². The smallest absolute Gasteiger partial charge is 0.178 e. The molecule has 0 spiro atoms. The highest BCUT2D eigenvalue weighted by atomic mass is 32.2. The molecule has 0 radical (unpaired) electrons. The lowest BCUT2D eigenvalue weighted by atomic mass is 10.1. The van der Waals surface area contributed by atoms with Crippen LogP contribution in [0.5, 0.6) is 0 Å². The molecule has 1 aromatic carbocycles. The summed E-state index contributed by atoms with van der Waals surface area (Å²) >= 11 is 0. The quantitative estimate of drug-likeness (QED) is 0.827. The summed E-state index contributed by atoms with van der Waals surface area (Å²) in [6, 6.07) is 5.17. The van der Waals surface area contributed by atoms with Crippen molar-refractivity contribution in [2.24, 2.45) is 0 Å². The molecule has 0 amide bonds. The van der Waals surface area contributed by atoms with Gasteiger partial charge in [-0.15, -0.1) is 0 Å². The van der Waals surface area contributed by atoms with Crippen LogP contribution in [-0.2, 0) is 14.6 Å². The fourth-order valence-corrected chi connectivity index (χ4v) is 3.51. The minimum Gasteiger partial charge on any atom is -0.378 e. The van der Waals surface area contributed by atoms with Crippen LogP contribution in [0.1, 0.15) is 25.7 Å². The first-order valence-electron chi connectivity index (χ1n) is 6.18. The molecule has 0 bridgehead atoms. The van der Waals surface area contributed by atoms with E-state index in [0.29, 0.717) is 6.42 Å². The molecule has 1 unspecified atom stereocenters. The molecule has 100 valence electrons. The summed E-state index contributed by atoms with van der Waals surface area (Å²) < 4.78 is 42.3. The third kappa shape index (κ3) is 3.53. The molecule has 18 heavy (non-hydrogen) atoms. The van der Waals surface area contributed by atoms with Crippen LogP contribution >= 0.6 is 0 Å². The van der Waals surface area contributed by atoms with Crippen LogP contribution in [0.15, 0.2) is 29.2 Å². The fraction of sp³-hybridized carbons (Fsp3) is 0.538. The third-order valence-electron chi connectivity index (χ3n) is 3.12. The minimum absolute atomic E-state index is 0.0519. The Hall–Kier alpha value is -0.940. The summed E-state index contributed by atoms with van der Waals surface area (Å²) in [4.78, 5) is 0.0647. The molecular formula is C13H17FO3S. The lowest BCUT2D eigenvalue weighted by molar-refractivity contribution is 0.104. The van der Waals surface area contributed by atoms with Crippen molar-refractivity contribution in [3.05, 3.63) is 30.1 Å². The fourth-order valence-electron chi connectivity index (χ4n) is 2.15. The predicted octanol–water partition coefficient (Wildman–Crippen LogP) is 2.56. The molecule has 1 aliphatic heterocycles. The number of sulfone groups is 1. The molecule has 2 rings (SSSR count). The molecule has 1 atom stereocenters. The van der Waals surface area contributed by atoms with E-state index in [0.717, 1.165) is 31.9 Å². The van der Waals surface area contributed by atoms with Gasteiger partial charge in [0.25, 0.3) is 0 Å². The maximum absolute atomic E-state index is 13.0. The molecule has 1 heterocycles. The molecule has 1 saturated heterocycles. The zero-order valence-electron chi connectivity index (χ0n) is 10.1. The first-order valence-corrected chi connectivity index (χ1v) is 7.83. The van der Waals surface area contributed by atoms with Gasteiger partial charge >= 0.3 is 0 Å². The van der Waals surface area contributed by atoms with Crippen molar-refractivity contribution in [1.29, 1.82) is 0 Å². The highest BCUT2D eigenvalue weighted by Gasteiger charge is 2.18. The number of halogens is 1. The average molecular weight is 272 g/mol. The SMILES string of the molecule is O=S(=O)(CCCC1CCCO1)c1cccc(F)c1. The van der Waals surface area contributed by atoms with Crippen LogP contribution in [-0.4, -0.2) is 26.9 Å². The van der Waals surface area contributed by atoms with Crippen LogP contribution in [0.4, 0.5) is 4.39 Å². The van der Waals surface area contributed by atoms with E-state index in [-0.39, 0.29) is 16.8 Å². The van der Waals surface area contributed by atoms with E-state index < -0.39 is 15.7 Å². The Bertz CT molecular complexity index is 493. The maximum atomic E-state index is 13.0. The molecule has 0 saturated carbocycles. The molecule has 1 fully saturated rings. The van der Waals surface area contributed by atoms with Gasteiger partial charge in [0.1, 0.15) is 5.82 Å². The van der Waals surface area contributed by atoms with Crippen molar-refractivity contribution < 1.29 is 17.5 Å². The summed E-state index contributed by atoms with van der Waals surface area (Å²) in [5.41, 5.74) is 0. The van der Waals surface area contributed by atoms with Crippen molar-refractivity contribution in [3.8, 4) is 0 Å². The Morgan fingerprint density at radius 2 is 2.22 bits per heavy atom. The largest absolute Gasteiger partial charge is 0.378 e. The van der Waals surface area contributed by atoms with Gasteiger partial charge in [0.2, 0.25) is 0 Å². The first kappa shape index (κ1) is 13.5. The van der Waals surface area contributed by atoms with Gasteiger partial charge in [-0.1, -0.05) is 6.07 Å². The summed E-state index contributed by atoms with van der Waals surface area (Å²) in [7, 11) is -3.37. The van der Waals surface area contributed by atoms with Crippen molar-refractivity contribution in [2.75, 3.05) is 12.4 Å². The van der Waals surface area contributed by atoms with E-state index in [1.54, 1.807) is 0 Å². The van der Waals surface area contributed by atoms with Gasteiger partial charge in [-0.2, -0.15) is 0 Å². The van der Waals surface area contributed by atoms with Crippen molar-refractivity contribution in [1.82, 2.24) is 0 Å². The Morgan fingerprint density at radius 1 is 1.39 bits per heavy atom. The number of ether oxygens (including phenoxy) is 1. The van der Waals surface area contributed by atoms with Crippen LogP contribution in [0.3, 0.4) is 0 Å². The standard InChI is InChI=1S/C13H17FO3S/c14-11-4-1-7-13(10-11)18(15,16)9-3-6-12-5-2-8-17-12/h1,4,7,10,12H,2-3,5-6,8-9H2. The Labute approximate surface area is 107 Å². The summed E-state index contributed by atoms with van der Waals surface area (Å²) in [6.45, 7) is 0.779. The molecule has 0 aromatic heterocycles. The Morgan fingerprint density at radius 3 is 2.89 bits per heavy atom. The molecular weight excluding hydrogens is 255 g/mol. The van der Waals surface area contributed by atoms with Crippen LogP contribution in [0, 0.1) is 5.82 Å². The third-order valence-corrected chi connectivity index (χ3v) is 4.92. The van der Waals surface area contributed by atoms with E-state index >= 15 is 0 Å². The highest BCUT2D eigenvalue weighted by molar-refractivity contribution is 7.91. The van der Waals surface area contributed by atoms with Crippen LogP contribution < -0.4 is 0 Å². The molecule has 1 aromatic rings. The Balaban J connectivity index is 1.90. The monoisotopic (exact) mass is 272 g/mol. The summed E-state index contributed by atoms with van der Waals surface area (Å²) in [5, 5.41) is 0. The van der Waals surface area contributed by atoms with E-state index in [9.17, 15) is 12.8 Å². The van der Waals surface area contributed by atoms with E-state index in [2.05, 4.69) is 0 Å².